The second-order valence-electron chi connectivity index (χ2n) is 16.2. The van der Waals surface area contributed by atoms with Crippen LogP contribution < -0.4 is 10.2 Å². The van der Waals surface area contributed by atoms with Crippen molar-refractivity contribution in [2.24, 2.45) is 5.41 Å². The third-order valence-electron chi connectivity index (χ3n) is 12.6. The number of phenolic OH excluding ortho intramolecular Hbond substituents is 1. The Morgan fingerprint density at radius 2 is 1.39 bits per heavy atom. The molecule has 57 heavy (non-hydrogen) atoms. The molecule has 0 radical (unpaired) electrons. The van der Waals surface area contributed by atoms with Gasteiger partial charge in [-0.05, 0) is 101 Å². The highest BCUT2D eigenvalue weighted by molar-refractivity contribution is 6.23. The van der Waals surface area contributed by atoms with E-state index in [9.17, 15) is 29.1 Å². The maximum Gasteiger partial charge on any atom is 0.262 e. The van der Waals surface area contributed by atoms with Gasteiger partial charge in [0.1, 0.15) is 11.8 Å². The molecular formula is C46H45N5O6. The van der Waals surface area contributed by atoms with Crippen molar-refractivity contribution in [3.63, 3.8) is 0 Å². The number of nitrogens with one attached hydrogen (secondary N) is 1. The van der Waals surface area contributed by atoms with Crippen LogP contribution in [0.4, 0.5) is 5.69 Å². The number of carbonyl (C=O) groups is 5. The van der Waals surface area contributed by atoms with Crippen molar-refractivity contribution in [1.29, 1.82) is 0 Å². The van der Waals surface area contributed by atoms with Crippen LogP contribution in [0, 0.1) is 5.41 Å². The van der Waals surface area contributed by atoms with Crippen molar-refractivity contribution in [2.75, 3.05) is 37.6 Å². The molecule has 0 saturated carbocycles. The molecule has 5 aliphatic heterocycles. The highest BCUT2D eigenvalue weighted by atomic mass is 16.3. The van der Waals surface area contributed by atoms with Gasteiger partial charge in [0.05, 0.1) is 17.7 Å². The molecule has 5 heterocycles. The summed E-state index contributed by atoms with van der Waals surface area (Å²) >= 11 is 0. The average Bonchev–Trinajstić information content (AvgIpc) is 3.71. The number of allylic oxidation sites excluding steroid dienone is 1. The van der Waals surface area contributed by atoms with Gasteiger partial charge in [-0.1, -0.05) is 61.5 Å². The number of amides is 5. The Bertz CT molecular complexity index is 2280. The number of phenols is 1. The number of carbonyl (C=O) groups excluding carboxylic acids is 5. The van der Waals surface area contributed by atoms with Crippen molar-refractivity contribution in [3.8, 4) is 5.75 Å². The monoisotopic (exact) mass is 763 g/mol. The maximum absolute atomic E-state index is 13.5. The lowest BCUT2D eigenvalue weighted by atomic mass is 9.72. The molecule has 0 aliphatic carbocycles. The van der Waals surface area contributed by atoms with Gasteiger partial charge in [-0.3, -0.25) is 39.1 Å². The zero-order valence-electron chi connectivity index (χ0n) is 32.0. The Kier molecular flexibility index (Phi) is 9.27. The molecule has 4 aromatic carbocycles. The summed E-state index contributed by atoms with van der Waals surface area (Å²) < 4.78 is 0. The van der Waals surface area contributed by atoms with E-state index in [0.717, 1.165) is 78.2 Å². The number of nitrogens with zero attached hydrogens (tertiary/aromatic N) is 4. The molecule has 3 fully saturated rings. The third kappa shape index (κ3) is 6.69. The zero-order valence-corrected chi connectivity index (χ0v) is 32.0. The van der Waals surface area contributed by atoms with Crippen LogP contribution in [-0.4, -0.2) is 88.1 Å². The molecule has 2 N–H and O–H groups in total. The molecule has 290 valence electrons. The highest BCUT2D eigenvalue weighted by Gasteiger charge is 2.48. The second kappa shape index (κ2) is 14.5. The molecule has 5 amide bonds. The zero-order chi connectivity index (χ0) is 39.4. The van der Waals surface area contributed by atoms with Crippen molar-refractivity contribution in [2.45, 2.75) is 58.2 Å². The van der Waals surface area contributed by atoms with Crippen LogP contribution in [0.5, 0.6) is 5.75 Å². The molecule has 11 heteroatoms. The molecule has 5 aliphatic rings. The van der Waals surface area contributed by atoms with Crippen LogP contribution in [0.15, 0.2) is 91.0 Å². The number of hydrogen-bond acceptors (Lipinski definition) is 8. The van der Waals surface area contributed by atoms with E-state index in [1.54, 1.807) is 24.3 Å². The number of aromatic hydroxyl groups is 1. The third-order valence-corrected chi connectivity index (χ3v) is 12.6. The summed E-state index contributed by atoms with van der Waals surface area (Å²) in [7, 11) is 0. The fraction of sp³-hybridized carbons (Fsp3) is 0.326. The predicted octanol–water partition coefficient (Wildman–Crippen LogP) is 5.61. The van der Waals surface area contributed by atoms with Crippen LogP contribution in [0.3, 0.4) is 0 Å². The molecule has 9 rings (SSSR count). The molecule has 3 saturated heterocycles. The molecule has 1 spiro atoms. The molecule has 1 unspecified atom stereocenters. The van der Waals surface area contributed by atoms with Crippen molar-refractivity contribution >= 4 is 46.4 Å². The Morgan fingerprint density at radius 3 is 1.96 bits per heavy atom. The van der Waals surface area contributed by atoms with Crippen LogP contribution in [-0.2, 0) is 27.5 Å². The number of fused-ring (bicyclic) bond motifs is 2. The summed E-state index contributed by atoms with van der Waals surface area (Å²) in [4.78, 5) is 71.6. The van der Waals surface area contributed by atoms with Gasteiger partial charge in [-0.2, -0.15) is 0 Å². The first-order chi connectivity index (χ1) is 27.6. The highest BCUT2D eigenvalue weighted by Crippen LogP contribution is 2.43. The minimum absolute atomic E-state index is 0.0771. The Balaban J connectivity index is 0.799. The lowest BCUT2D eigenvalue weighted by molar-refractivity contribution is -0.146. The predicted molar refractivity (Wildman–Crippen MR) is 215 cm³/mol. The second-order valence-corrected chi connectivity index (χ2v) is 16.2. The first-order valence-corrected chi connectivity index (χ1v) is 19.9. The van der Waals surface area contributed by atoms with E-state index in [2.05, 4.69) is 70.6 Å². The molecule has 0 bridgehead atoms. The summed E-state index contributed by atoms with van der Waals surface area (Å²) in [6.45, 7) is 6.82. The number of likely N-dealkylation sites (tertiary alicyclic amines) is 1. The van der Waals surface area contributed by atoms with Crippen LogP contribution in [0.1, 0.15) is 87.6 Å². The maximum atomic E-state index is 13.5. The minimum Gasteiger partial charge on any atom is -0.508 e. The lowest BCUT2D eigenvalue weighted by Gasteiger charge is -2.54. The Labute approximate surface area is 331 Å². The fourth-order valence-corrected chi connectivity index (χ4v) is 9.48. The summed E-state index contributed by atoms with van der Waals surface area (Å²) in [5, 5.41) is 12.2. The largest absolute Gasteiger partial charge is 0.508 e. The summed E-state index contributed by atoms with van der Waals surface area (Å²) in [5.74, 6) is -1.72. The minimum atomic E-state index is -0.994. The van der Waals surface area contributed by atoms with E-state index in [1.165, 1.54) is 16.8 Å². The van der Waals surface area contributed by atoms with E-state index in [4.69, 9.17) is 0 Å². The number of hydrogen-bond donors (Lipinski definition) is 2. The summed E-state index contributed by atoms with van der Waals surface area (Å²) in [6, 6.07) is 29.2. The molecule has 4 aromatic rings. The smallest absolute Gasteiger partial charge is 0.262 e. The topological polar surface area (TPSA) is 131 Å². The van der Waals surface area contributed by atoms with Crippen molar-refractivity contribution in [1.82, 2.24) is 20.0 Å². The Hall–Kier alpha value is -6.07. The summed E-state index contributed by atoms with van der Waals surface area (Å²) in [5.41, 5.74) is 9.48. The quantitative estimate of drug-likeness (QED) is 0.175. The number of benzene rings is 4. The molecule has 0 aromatic heterocycles. The lowest BCUT2D eigenvalue weighted by Crippen LogP contribution is -2.63. The van der Waals surface area contributed by atoms with E-state index in [-0.39, 0.29) is 47.6 Å². The van der Waals surface area contributed by atoms with E-state index < -0.39 is 29.7 Å². The number of anilines is 1. The average molecular weight is 764 g/mol. The van der Waals surface area contributed by atoms with Crippen molar-refractivity contribution < 1.29 is 29.1 Å². The summed E-state index contributed by atoms with van der Waals surface area (Å²) in [6.07, 6.45) is 3.09. The van der Waals surface area contributed by atoms with Crippen LogP contribution >= 0.6 is 0 Å². The van der Waals surface area contributed by atoms with E-state index in [1.807, 2.05) is 23.1 Å². The van der Waals surface area contributed by atoms with Crippen LogP contribution in [0.25, 0.3) is 11.1 Å². The number of rotatable bonds is 8. The van der Waals surface area contributed by atoms with Crippen molar-refractivity contribution in [3.05, 3.63) is 130 Å². The Morgan fingerprint density at radius 1 is 0.789 bits per heavy atom. The SMILES string of the molecule is CCC(=C(c1ccc(O)cc1)c1ccc(N2CCC3(CC2)CN(C(=O)CN2Cc4cc5c(cc4C2)C(=O)N(C2CCC(=O)NC2=O)C5=O)C3)cc1)c1ccccc1. The van der Waals surface area contributed by atoms with Crippen LogP contribution in [0.2, 0.25) is 0 Å². The van der Waals surface area contributed by atoms with Gasteiger partial charge < -0.3 is 14.9 Å². The van der Waals surface area contributed by atoms with Gasteiger partial charge in [0.2, 0.25) is 17.7 Å². The van der Waals surface area contributed by atoms with Gasteiger partial charge in [0.15, 0.2) is 0 Å². The first kappa shape index (κ1) is 36.6. The fourth-order valence-electron chi connectivity index (χ4n) is 9.48. The van der Waals surface area contributed by atoms with Gasteiger partial charge in [-0.25, -0.2) is 0 Å². The molecule has 11 nitrogen and oxygen atoms in total. The van der Waals surface area contributed by atoms with Gasteiger partial charge in [-0.15, -0.1) is 0 Å². The van der Waals surface area contributed by atoms with E-state index >= 15 is 0 Å². The standard InChI is InChI=1S/C46H45N5O6/c1-2-36(29-6-4-3-5-7-29)42(31-10-14-35(52)15-11-31)30-8-12-34(13-9-30)49-20-18-46(19-21-49)27-50(28-46)41(54)26-48-24-32-22-37-38(23-33(32)25-48)45(57)51(44(37)56)39-16-17-40(53)47-43(39)55/h3-15,22-23,39,52H,2,16-21,24-28H2,1H3,(H,47,53,55). The number of piperidine rings is 2. The molecular weight excluding hydrogens is 719 g/mol. The van der Waals surface area contributed by atoms with E-state index in [0.29, 0.717) is 13.1 Å². The number of imide groups is 2. The molecule has 1 atom stereocenters. The first-order valence-electron chi connectivity index (χ1n) is 19.9. The normalized spacial score (nSPS) is 20.6. The van der Waals surface area contributed by atoms with Gasteiger partial charge in [0, 0.05) is 56.8 Å². The van der Waals surface area contributed by atoms with Gasteiger partial charge in [0.25, 0.3) is 11.8 Å². The van der Waals surface area contributed by atoms with Gasteiger partial charge >= 0.3 is 0 Å².